The molecule has 0 radical (unpaired) electrons. The molecule has 3 aliphatic rings. The zero-order valence-corrected chi connectivity index (χ0v) is 11.6. The molecule has 3 fully saturated rings. The van der Waals surface area contributed by atoms with Crippen LogP contribution in [-0.4, -0.2) is 16.4 Å². The lowest BCUT2D eigenvalue weighted by Crippen LogP contribution is -2.55. The highest BCUT2D eigenvalue weighted by molar-refractivity contribution is 7.80. The van der Waals surface area contributed by atoms with E-state index < -0.39 is 0 Å². The van der Waals surface area contributed by atoms with E-state index in [-0.39, 0.29) is 17.4 Å². The van der Waals surface area contributed by atoms with Gasteiger partial charge in [0.2, 0.25) is 5.91 Å². The minimum atomic E-state index is -0.363. The van der Waals surface area contributed by atoms with Gasteiger partial charge >= 0.3 is 0 Å². The van der Waals surface area contributed by atoms with Crippen molar-refractivity contribution in [3.8, 4) is 0 Å². The number of nitrogens with one attached hydrogen (secondary N) is 1. The molecule has 0 heterocycles. The predicted octanol–water partition coefficient (Wildman–Crippen LogP) is 2.14. The summed E-state index contributed by atoms with van der Waals surface area (Å²) < 4.78 is 0. The Morgan fingerprint density at radius 1 is 1.11 bits per heavy atom. The molecule has 1 amide bonds. The van der Waals surface area contributed by atoms with Crippen molar-refractivity contribution in [1.29, 1.82) is 0 Å². The predicted molar refractivity (Wildman–Crippen MR) is 75.1 cm³/mol. The average Bonchev–Trinajstić information content (AvgIpc) is 2.90. The van der Waals surface area contributed by atoms with Crippen LogP contribution in [0.15, 0.2) is 0 Å². The molecule has 0 aromatic heterocycles. The van der Waals surface area contributed by atoms with Gasteiger partial charge < -0.3 is 11.1 Å². The highest BCUT2D eigenvalue weighted by Gasteiger charge is 2.56. The maximum Gasteiger partial charge on any atom is 0.224 e. The van der Waals surface area contributed by atoms with E-state index in [2.05, 4.69) is 5.32 Å². The summed E-state index contributed by atoms with van der Waals surface area (Å²) in [7, 11) is 0. The third-order valence-electron chi connectivity index (χ3n) is 5.25. The second-order valence-corrected chi connectivity index (χ2v) is 6.72. The van der Waals surface area contributed by atoms with E-state index in [1.54, 1.807) is 0 Å². The number of hydrogen-bond acceptors (Lipinski definition) is 2. The molecular weight excluding hydrogens is 244 g/mol. The normalized spacial score (nSPS) is 36.8. The van der Waals surface area contributed by atoms with E-state index in [0.29, 0.717) is 16.8 Å². The summed E-state index contributed by atoms with van der Waals surface area (Å²) in [5.41, 5.74) is 5.50. The van der Waals surface area contributed by atoms with E-state index in [9.17, 15) is 4.79 Å². The number of rotatable bonds is 3. The average molecular weight is 266 g/mol. The van der Waals surface area contributed by atoms with E-state index >= 15 is 0 Å². The van der Waals surface area contributed by atoms with Crippen molar-refractivity contribution in [2.24, 2.45) is 23.5 Å². The van der Waals surface area contributed by atoms with Gasteiger partial charge in [-0.3, -0.25) is 4.79 Å². The van der Waals surface area contributed by atoms with Crippen LogP contribution in [0, 0.1) is 17.8 Å². The second-order valence-electron chi connectivity index (χ2n) is 6.28. The third-order valence-corrected chi connectivity index (χ3v) is 5.64. The molecule has 2 unspecified atom stereocenters. The topological polar surface area (TPSA) is 55.1 Å². The van der Waals surface area contributed by atoms with Crippen LogP contribution in [0.25, 0.3) is 0 Å². The zero-order valence-electron chi connectivity index (χ0n) is 10.8. The smallest absolute Gasteiger partial charge is 0.224 e. The van der Waals surface area contributed by atoms with Gasteiger partial charge in [0.15, 0.2) is 0 Å². The molecule has 3 rings (SSSR count). The van der Waals surface area contributed by atoms with Gasteiger partial charge in [-0.25, -0.2) is 0 Å². The molecule has 3 nitrogen and oxygen atoms in total. The zero-order chi connectivity index (χ0) is 12.8. The first-order chi connectivity index (χ1) is 8.64. The van der Waals surface area contributed by atoms with Gasteiger partial charge in [0, 0.05) is 5.92 Å². The number of fused-ring (bicyclic) bond motifs is 1. The third kappa shape index (κ3) is 1.94. The van der Waals surface area contributed by atoms with E-state index in [1.807, 2.05) is 0 Å². The van der Waals surface area contributed by atoms with Gasteiger partial charge in [-0.2, -0.15) is 0 Å². The molecule has 18 heavy (non-hydrogen) atoms. The highest BCUT2D eigenvalue weighted by Crippen LogP contribution is 2.55. The van der Waals surface area contributed by atoms with Crippen LogP contribution in [0.2, 0.25) is 0 Å². The van der Waals surface area contributed by atoms with Crippen molar-refractivity contribution >= 4 is 23.1 Å². The Hall–Kier alpha value is -0.640. The lowest BCUT2D eigenvalue weighted by molar-refractivity contribution is -0.124. The molecular formula is C14H22N2OS. The first kappa shape index (κ1) is 12.4. The maximum atomic E-state index is 12.4. The molecule has 4 heteroatoms. The van der Waals surface area contributed by atoms with Crippen molar-refractivity contribution in [2.75, 3.05) is 0 Å². The van der Waals surface area contributed by atoms with Crippen LogP contribution in [0.1, 0.15) is 51.4 Å². The molecule has 3 N–H and O–H groups in total. The SMILES string of the molecule is NC(=S)C1(NC(=O)C2C3CCCCC32)CCCC1. The second kappa shape index (κ2) is 4.48. The number of carbonyl (C=O) groups is 1. The first-order valence-corrected chi connectivity index (χ1v) is 7.67. The Kier molecular flexibility index (Phi) is 3.08. The van der Waals surface area contributed by atoms with Gasteiger partial charge in [-0.05, 0) is 37.5 Å². The Bertz CT molecular complexity index is 364. The quantitative estimate of drug-likeness (QED) is 0.770. The van der Waals surface area contributed by atoms with Crippen molar-refractivity contribution in [1.82, 2.24) is 5.32 Å². The largest absolute Gasteiger partial charge is 0.391 e. The van der Waals surface area contributed by atoms with E-state index in [0.717, 1.165) is 25.7 Å². The Morgan fingerprint density at radius 3 is 2.17 bits per heavy atom. The molecule has 2 atom stereocenters. The summed E-state index contributed by atoms with van der Waals surface area (Å²) in [5, 5.41) is 3.20. The summed E-state index contributed by atoms with van der Waals surface area (Å²) in [6.45, 7) is 0. The Balaban J connectivity index is 1.65. The summed E-state index contributed by atoms with van der Waals surface area (Å²) in [5.74, 6) is 1.80. The summed E-state index contributed by atoms with van der Waals surface area (Å²) in [6.07, 6.45) is 9.17. The molecule has 3 aliphatic carbocycles. The van der Waals surface area contributed by atoms with Crippen molar-refractivity contribution < 1.29 is 4.79 Å². The molecule has 0 saturated heterocycles. The molecule has 0 aliphatic heterocycles. The monoisotopic (exact) mass is 266 g/mol. The van der Waals surface area contributed by atoms with E-state index in [4.69, 9.17) is 18.0 Å². The number of nitrogens with two attached hydrogens (primary N) is 1. The molecule has 3 saturated carbocycles. The first-order valence-electron chi connectivity index (χ1n) is 7.26. The minimum absolute atomic E-state index is 0.224. The minimum Gasteiger partial charge on any atom is -0.391 e. The van der Waals surface area contributed by atoms with Gasteiger partial charge in [-0.15, -0.1) is 0 Å². The van der Waals surface area contributed by atoms with Crippen LogP contribution in [-0.2, 0) is 4.79 Å². The molecule has 0 spiro atoms. The number of carbonyl (C=O) groups excluding carboxylic acids is 1. The van der Waals surface area contributed by atoms with Crippen LogP contribution in [0.3, 0.4) is 0 Å². The van der Waals surface area contributed by atoms with Crippen molar-refractivity contribution in [2.45, 2.75) is 56.9 Å². The van der Waals surface area contributed by atoms with Crippen molar-refractivity contribution in [3.05, 3.63) is 0 Å². The number of amides is 1. The van der Waals surface area contributed by atoms with Crippen LogP contribution in [0.4, 0.5) is 0 Å². The summed E-state index contributed by atoms with van der Waals surface area (Å²) in [4.78, 5) is 12.9. The molecule has 100 valence electrons. The van der Waals surface area contributed by atoms with Gasteiger partial charge in [-0.1, -0.05) is 37.9 Å². The van der Waals surface area contributed by atoms with Gasteiger partial charge in [0.1, 0.15) is 0 Å². The fraction of sp³-hybridized carbons (Fsp3) is 0.857. The summed E-state index contributed by atoms with van der Waals surface area (Å²) in [6, 6.07) is 0. The highest BCUT2D eigenvalue weighted by atomic mass is 32.1. The lowest BCUT2D eigenvalue weighted by Gasteiger charge is -2.29. The molecule has 0 bridgehead atoms. The molecule has 0 aromatic rings. The van der Waals surface area contributed by atoms with Crippen molar-refractivity contribution in [3.63, 3.8) is 0 Å². The fourth-order valence-corrected chi connectivity index (χ4v) is 4.37. The maximum absolute atomic E-state index is 12.4. The van der Waals surface area contributed by atoms with Crippen LogP contribution in [0.5, 0.6) is 0 Å². The Morgan fingerprint density at radius 2 is 1.67 bits per heavy atom. The Labute approximate surface area is 114 Å². The summed E-state index contributed by atoms with van der Waals surface area (Å²) >= 11 is 5.18. The standard InChI is InChI=1S/C14H22N2OS/c15-13(18)14(7-3-4-8-14)16-12(17)11-9-5-1-2-6-10(9)11/h9-11H,1-8H2,(H2,15,18)(H,16,17). The number of thiocarbonyl (C=S) groups is 1. The van der Waals surface area contributed by atoms with Gasteiger partial charge in [0.05, 0.1) is 10.5 Å². The van der Waals surface area contributed by atoms with Crippen LogP contribution < -0.4 is 11.1 Å². The van der Waals surface area contributed by atoms with Gasteiger partial charge in [0.25, 0.3) is 0 Å². The fourth-order valence-electron chi connectivity index (χ4n) is 4.11. The lowest BCUT2D eigenvalue weighted by atomic mass is 9.97. The number of hydrogen-bond donors (Lipinski definition) is 2. The van der Waals surface area contributed by atoms with Crippen LogP contribution >= 0.6 is 12.2 Å². The van der Waals surface area contributed by atoms with E-state index in [1.165, 1.54) is 25.7 Å². The molecule has 0 aromatic carbocycles.